The van der Waals surface area contributed by atoms with Gasteiger partial charge in [0.2, 0.25) is 11.9 Å². The number of fused-ring (bicyclic) bond motifs is 1. The van der Waals surface area contributed by atoms with E-state index in [2.05, 4.69) is 42.3 Å². The molecular formula is C26H31F3N4O2. The van der Waals surface area contributed by atoms with Crippen molar-refractivity contribution in [3.8, 4) is 5.75 Å². The zero-order chi connectivity index (χ0) is 25.8. The maximum absolute atomic E-state index is 12.5. The molecule has 188 valence electrons. The Balaban J connectivity index is 1.80. The summed E-state index contributed by atoms with van der Waals surface area (Å²) in [5, 5.41) is 3.28. The van der Waals surface area contributed by atoms with Crippen molar-refractivity contribution >= 4 is 28.6 Å². The Labute approximate surface area is 202 Å². The first-order valence-corrected chi connectivity index (χ1v) is 11.6. The standard InChI is InChI=1S/C26H31F3N4O2/c1-15-19(22(30)34)10-11-20-21(15)32-23(31-16-6-8-18(9-7-16)35-26(27,28)29)33(20)17-12-24(2,3)14-25(4,5)13-17/h6-11,17H,12-14H2,1-5H3,(H2,30,34)(H,31,32). The third kappa shape index (κ3) is 5.39. The lowest BCUT2D eigenvalue weighted by Crippen LogP contribution is -2.35. The molecule has 1 aliphatic rings. The van der Waals surface area contributed by atoms with Gasteiger partial charge in [0.1, 0.15) is 5.75 Å². The van der Waals surface area contributed by atoms with Crippen LogP contribution in [0.4, 0.5) is 24.8 Å². The highest BCUT2D eigenvalue weighted by molar-refractivity contribution is 5.99. The minimum atomic E-state index is -4.75. The molecule has 0 aliphatic heterocycles. The molecule has 1 heterocycles. The highest BCUT2D eigenvalue weighted by atomic mass is 19.4. The Morgan fingerprint density at radius 3 is 2.23 bits per heavy atom. The van der Waals surface area contributed by atoms with E-state index in [1.807, 2.05) is 13.0 Å². The van der Waals surface area contributed by atoms with E-state index in [4.69, 9.17) is 10.7 Å². The fraction of sp³-hybridized carbons (Fsp3) is 0.462. The summed E-state index contributed by atoms with van der Waals surface area (Å²) in [4.78, 5) is 16.8. The molecule has 4 rings (SSSR count). The second kappa shape index (κ2) is 8.46. The van der Waals surface area contributed by atoms with E-state index in [1.165, 1.54) is 24.3 Å². The molecule has 1 aromatic heterocycles. The van der Waals surface area contributed by atoms with Crippen molar-refractivity contribution in [1.29, 1.82) is 0 Å². The van der Waals surface area contributed by atoms with Crippen molar-refractivity contribution in [1.82, 2.24) is 9.55 Å². The maximum atomic E-state index is 12.5. The minimum absolute atomic E-state index is 0.110. The van der Waals surface area contributed by atoms with Gasteiger partial charge in [-0.2, -0.15) is 0 Å². The molecule has 1 saturated carbocycles. The molecule has 6 nitrogen and oxygen atoms in total. The predicted octanol–water partition coefficient (Wildman–Crippen LogP) is 6.86. The van der Waals surface area contributed by atoms with Crippen molar-refractivity contribution in [2.75, 3.05) is 5.32 Å². The summed E-state index contributed by atoms with van der Waals surface area (Å²) in [6.07, 6.45) is -1.78. The van der Waals surface area contributed by atoms with E-state index in [1.54, 1.807) is 6.07 Å². The first-order chi connectivity index (χ1) is 16.1. The average molecular weight is 489 g/mol. The lowest BCUT2D eigenvalue weighted by atomic mass is 9.63. The number of halogens is 3. The summed E-state index contributed by atoms with van der Waals surface area (Å²) in [6.45, 7) is 10.9. The molecular weight excluding hydrogens is 457 g/mol. The van der Waals surface area contributed by atoms with Gasteiger partial charge in [-0.25, -0.2) is 4.98 Å². The number of carbonyl (C=O) groups is 1. The largest absolute Gasteiger partial charge is 0.573 e. The van der Waals surface area contributed by atoms with Gasteiger partial charge >= 0.3 is 6.36 Å². The molecule has 2 aromatic carbocycles. The van der Waals surface area contributed by atoms with E-state index in [0.29, 0.717) is 28.3 Å². The third-order valence-electron chi connectivity index (χ3n) is 6.62. The van der Waals surface area contributed by atoms with Gasteiger partial charge in [-0.1, -0.05) is 27.7 Å². The average Bonchev–Trinajstić information content (AvgIpc) is 3.05. The number of hydrogen-bond acceptors (Lipinski definition) is 4. The lowest BCUT2D eigenvalue weighted by Gasteiger charge is -2.45. The summed E-state index contributed by atoms with van der Waals surface area (Å²) in [7, 11) is 0. The Kier molecular flexibility index (Phi) is 6.02. The number of benzene rings is 2. The molecule has 0 atom stereocenters. The third-order valence-corrected chi connectivity index (χ3v) is 6.62. The molecule has 0 bridgehead atoms. The second-order valence-electron chi connectivity index (χ2n) is 11.0. The van der Waals surface area contributed by atoms with Crippen LogP contribution in [0.3, 0.4) is 0 Å². The van der Waals surface area contributed by atoms with Gasteiger partial charge in [-0.05, 0) is 79.0 Å². The summed E-state index contributed by atoms with van der Waals surface area (Å²) in [5.74, 6) is -0.254. The number of amides is 1. The number of aromatic nitrogens is 2. The van der Waals surface area contributed by atoms with Crippen LogP contribution in [0.25, 0.3) is 11.0 Å². The minimum Gasteiger partial charge on any atom is -0.406 e. The van der Waals surface area contributed by atoms with Crippen molar-refractivity contribution in [3.63, 3.8) is 0 Å². The highest BCUT2D eigenvalue weighted by Gasteiger charge is 2.40. The second-order valence-corrected chi connectivity index (χ2v) is 11.0. The molecule has 35 heavy (non-hydrogen) atoms. The fourth-order valence-corrected chi connectivity index (χ4v) is 5.86. The first kappa shape index (κ1) is 24.9. The Morgan fingerprint density at radius 2 is 1.69 bits per heavy atom. The molecule has 0 saturated heterocycles. The maximum Gasteiger partial charge on any atom is 0.573 e. The number of imidazole rings is 1. The van der Waals surface area contributed by atoms with Crippen LogP contribution in [0.5, 0.6) is 5.75 Å². The predicted molar refractivity (Wildman–Crippen MR) is 130 cm³/mol. The molecule has 0 radical (unpaired) electrons. The number of carbonyl (C=O) groups excluding carboxylic acids is 1. The Hall–Kier alpha value is -3.23. The van der Waals surface area contributed by atoms with Crippen LogP contribution >= 0.6 is 0 Å². The summed E-state index contributed by atoms with van der Waals surface area (Å²) >= 11 is 0. The van der Waals surface area contributed by atoms with E-state index >= 15 is 0 Å². The van der Waals surface area contributed by atoms with Gasteiger partial charge in [0, 0.05) is 17.3 Å². The SMILES string of the molecule is Cc1c(C(N)=O)ccc2c1nc(Nc1ccc(OC(F)(F)F)cc1)n2C1CC(C)(C)CC(C)(C)C1. The molecule has 1 amide bonds. The first-order valence-electron chi connectivity index (χ1n) is 11.6. The molecule has 0 spiro atoms. The van der Waals surface area contributed by atoms with Crippen LogP contribution in [-0.2, 0) is 0 Å². The van der Waals surface area contributed by atoms with Gasteiger partial charge < -0.3 is 20.4 Å². The van der Waals surface area contributed by atoms with Gasteiger partial charge in [-0.15, -0.1) is 13.2 Å². The Morgan fingerprint density at radius 1 is 1.09 bits per heavy atom. The number of nitrogens with one attached hydrogen (secondary N) is 1. The van der Waals surface area contributed by atoms with Gasteiger partial charge in [0.15, 0.2) is 0 Å². The summed E-state index contributed by atoms with van der Waals surface area (Å²) in [5.41, 5.74) is 9.01. The summed E-state index contributed by atoms with van der Waals surface area (Å²) < 4.78 is 43.7. The number of nitrogens with two attached hydrogens (primary N) is 1. The lowest BCUT2D eigenvalue weighted by molar-refractivity contribution is -0.274. The molecule has 3 N–H and O–H groups in total. The number of nitrogens with zero attached hydrogens (tertiary/aromatic N) is 2. The van der Waals surface area contributed by atoms with Gasteiger partial charge in [0.25, 0.3) is 0 Å². The molecule has 1 aliphatic carbocycles. The normalized spacial score (nSPS) is 17.9. The van der Waals surface area contributed by atoms with Crippen molar-refractivity contribution in [2.24, 2.45) is 16.6 Å². The van der Waals surface area contributed by atoms with E-state index in [0.717, 1.165) is 24.8 Å². The Bertz CT molecular complexity index is 1240. The fourth-order valence-electron chi connectivity index (χ4n) is 5.86. The number of aryl methyl sites for hydroxylation is 1. The molecule has 0 unspecified atom stereocenters. The van der Waals surface area contributed by atoms with Crippen molar-refractivity contribution in [2.45, 2.75) is 66.3 Å². The molecule has 3 aromatic rings. The van der Waals surface area contributed by atoms with E-state index in [-0.39, 0.29) is 22.6 Å². The smallest absolute Gasteiger partial charge is 0.406 e. The number of alkyl halides is 3. The number of anilines is 2. The monoisotopic (exact) mass is 488 g/mol. The van der Waals surface area contributed by atoms with Gasteiger partial charge in [0.05, 0.1) is 11.0 Å². The van der Waals surface area contributed by atoms with Crippen LogP contribution in [0.1, 0.15) is 68.9 Å². The van der Waals surface area contributed by atoms with Crippen LogP contribution < -0.4 is 15.8 Å². The van der Waals surface area contributed by atoms with Crippen LogP contribution in [-0.4, -0.2) is 21.8 Å². The zero-order valence-electron chi connectivity index (χ0n) is 20.6. The molecule has 9 heteroatoms. The van der Waals surface area contributed by atoms with E-state index < -0.39 is 12.3 Å². The van der Waals surface area contributed by atoms with E-state index in [9.17, 15) is 18.0 Å². The number of ether oxygens (including phenoxy) is 1. The number of rotatable bonds is 5. The highest BCUT2D eigenvalue weighted by Crippen LogP contribution is 2.51. The topological polar surface area (TPSA) is 82.2 Å². The van der Waals surface area contributed by atoms with Crippen molar-refractivity contribution < 1.29 is 22.7 Å². The zero-order valence-corrected chi connectivity index (χ0v) is 20.6. The summed E-state index contributed by atoms with van der Waals surface area (Å²) in [6, 6.07) is 9.27. The van der Waals surface area contributed by atoms with Crippen LogP contribution in [0.2, 0.25) is 0 Å². The van der Waals surface area contributed by atoms with Gasteiger partial charge in [-0.3, -0.25) is 4.79 Å². The number of primary amides is 1. The number of hydrogen-bond donors (Lipinski definition) is 2. The van der Waals surface area contributed by atoms with Crippen molar-refractivity contribution in [3.05, 3.63) is 47.5 Å². The molecule has 1 fully saturated rings. The quantitative estimate of drug-likeness (QED) is 0.411. The van der Waals surface area contributed by atoms with Crippen LogP contribution in [0.15, 0.2) is 36.4 Å². The van der Waals surface area contributed by atoms with Crippen LogP contribution in [0, 0.1) is 17.8 Å².